The van der Waals surface area contributed by atoms with Gasteiger partial charge in [0.15, 0.2) is 17.5 Å². The Balaban J connectivity index is 1.27. The highest BCUT2D eigenvalue weighted by molar-refractivity contribution is 7.89. The van der Waals surface area contributed by atoms with Gasteiger partial charge in [0.2, 0.25) is 21.7 Å². The SMILES string of the molecule is CCC(C)(C)C(=O)C(=O)N1CCCC[C@H]1C(=O)O[C@H](CCc1ccc(OC)c(OC)c1)c1cccc(OCCNC(=O)N[C@@H](C(N)=O)C(=O)N[C@H](Cc2ccccc2)[C@@H](CN(CC(C)C)S(=O)(=O)c2ccc(N)cc2)OC)c1. The number of carbonyl (C=O) groups is 6. The minimum absolute atomic E-state index is 0.0223. The number of amides is 5. The predicted molar refractivity (Wildman–Crippen MR) is 294 cm³/mol. The van der Waals surface area contributed by atoms with Crippen LogP contribution < -0.4 is 41.6 Å². The molecule has 0 bridgehead atoms. The van der Waals surface area contributed by atoms with Crippen LogP contribution in [0.5, 0.6) is 17.2 Å². The number of nitrogens with two attached hydrogens (primary N) is 2. The normalized spacial score (nSPS) is 15.3. The lowest BCUT2D eigenvalue weighted by atomic mass is 9.84. The summed E-state index contributed by atoms with van der Waals surface area (Å²) in [5, 5.41) is 7.71. The van der Waals surface area contributed by atoms with E-state index in [0.717, 1.165) is 11.1 Å². The molecule has 0 aliphatic carbocycles. The number of aryl methyl sites for hydroxylation is 1. The van der Waals surface area contributed by atoms with Crippen LogP contribution in [0.1, 0.15) is 89.5 Å². The van der Waals surface area contributed by atoms with Gasteiger partial charge in [-0.05, 0) is 116 Å². The number of nitrogens with one attached hydrogen (secondary N) is 3. The van der Waals surface area contributed by atoms with E-state index in [1.54, 1.807) is 63.4 Å². The first-order valence-electron chi connectivity index (χ1n) is 26.2. The van der Waals surface area contributed by atoms with Crippen LogP contribution in [-0.4, -0.2) is 131 Å². The molecule has 1 heterocycles. The van der Waals surface area contributed by atoms with Gasteiger partial charge in [-0.25, -0.2) is 18.0 Å². The molecule has 78 heavy (non-hydrogen) atoms. The lowest BCUT2D eigenvalue weighted by Gasteiger charge is -2.36. The molecular weight excluding hydrogens is 1020 g/mol. The van der Waals surface area contributed by atoms with Crippen LogP contribution in [-0.2, 0) is 56.3 Å². The fraction of sp³-hybridized carbons (Fsp3) is 0.474. The number of esters is 1. The highest BCUT2D eigenvalue weighted by Crippen LogP contribution is 2.33. The molecule has 1 fully saturated rings. The highest BCUT2D eigenvalue weighted by atomic mass is 32.2. The molecule has 5 atom stereocenters. The molecule has 1 aliphatic rings. The van der Waals surface area contributed by atoms with Crippen LogP contribution in [0.2, 0.25) is 0 Å². The van der Waals surface area contributed by atoms with Crippen molar-refractivity contribution in [3.63, 3.8) is 0 Å². The number of sulfonamides is 1. The first kappa shape index (κ1) is 61.6. The topological polar surface area (TPSA) is 277 Å². The maximum absolute atomic E-state index is 14.2. The number of carbonyl (C=O) groups excluding carboxylic acids is 6. The van der Waals surface area contributed by atoms with Gasteiger partial charge in [0, 0.05) is 37.8 Å². The molecule has 20 nitrogen and oxygen atoms in total. The highest BCUT2D eigenvalue weighted by Gasteiger charge is 2.41. The van der Waals surface area contributed by atoms with Crippen molar-refractivity contribution < 1.29 is 60.9 Å². The Morgan fingerprint density at radius 2 is 1.54 bits per heavy atom. The summed E-state index contributed by atoms with van der Waals surface area (Å²) in [4.78, 5) is 82.5. The van der Waals surface area contributed by atoms with E-state index in [-0.39, 0.29) is 50.0 Å². The van der Waals surface area contributed by atoms with Gasteiger partial charge < -0.3 is 56.0 Å². The first-order valence-corrected chi connectivity index (χ1v) is 27.6. The van der Waals surface area contributed by atoms with Gasteiger partial charge in [-0.3, -0.25) is 19.2 Å². The maximum Gasteiger partial charge on any atom is 0.329 e. The van der Waals surface area contributed by atoms with Gasteiger partial charge in [-0.2, -0.15) is 4.31 Å². The largest absolute Gasteiger partial charge is 0.493 e. The van der Waals surface area contributed by atoms with E-state index in [2.05, 4.69) is 16.0 Å². The van der Waals surface area contributed by atoms with E-state index in [9.17, 15) is 37.2 Å². The van der Waals surface area contributed by atoms with E-state index in [1.807, 2.05) is 51.1 Å². The number of nitrogens with zero attached hydrogens (tertiary/aromatic N) is 2. The van der Waals surface area contributed by atoms with E-state index in [0.29, 0.717) is 67.0 Å². The van der Waals surface area contributed by atoms with E-state index in [4.69, 9.17) is 35.2 Å². The summed E-state index contributed by atoms with van der Waals surface area (Å²) in [7, 11) is 0.390. The second-order valence-corrected chi connectivity index (χ2v) is 22.2. The zero-order valence-corrected chi connectivity index (χ0v) is 46.8. The Morgan fingerprint density at radius 1 is 0.833 bits per heavy atom. The van der Waals surface area contributed by atoms with Gasteiger partial charge in [0.25, 0.3) is 11.8 Å². The molecule has 4 aromatic carbocycles. The number of urea groups is 1. The zero-order chi connectivity index (χ0) is 57.2. The van der Waals surface area contributed by atoms with Crippen molar-refractivity contribution in [2.45, 2.75) is 115 Å². The van der Waals surface area contributed by atoms with Crippen LogP contribution in [0.4, 0.5) is 10.5 Å². The third-order valence-electron chi connectivity index (χ3n) is 13.7. The number of likely N-dealkylation sites (tertiary alicyclic amines) is 1. The molecular formula is C57H77N7O13S. The van der Waals surface area contributed by atoms with Crippen LogP contribution in [0, 0.1) is 11.3 Å². The third kappa shape index (κ3) is 17.1. The number of hydrogen-bond acceptors (Lipinski definition) is 14. The Kier molecular flexibility index (Phi) is 22.9. The lowest BCUT2D eigenvalue weighted by molar-refractivity contribution is -0.164. The molecule has 0 unspecified atom stereocenters. The summed E-state index contributed by atoms with van der Waals surface area (Å²) < 4.78 is 58.4. The molecule has 0 aromatic heterocycles. The summed E-state index contributed by atoms with van der Waals surface area (Å²) in [6.07, 6.45) is 1.22. The van der Waals surface area contributed by atoms with Crippen molar-refractivity contribution in [2.24, 2.45) is 17.1 Å². The smallest absolute Gasteiger partial charge is 0.329 e. The average molecular weight is 1100 g/mol. The van der Waals surface area contributed by atoms with Gasteiger partial charge >= 0.3 is 12.0 Å². The average Bonchev–Trinajstić information content (AvgIpc) is 3.44. The van der Waals surface area contributed by atoms with Crippen LogP contribution in [0.3, 0.4) is 0 Å². The van der Waals surface area contributed by atoms with Crippen molar-refractivity contribution >= 4 is 51.2 Å². The Hall–Kier alpha value is -7.23. The fourth-order valence-corrected chi connectivity index (χ4v) is 10.5. The van der Waals surface area contributed by atoms with Crippen molar-refractivity contribution in [1.29, 1.82) is 0 Å². The summed E-state index contributed by atoms with van der Waals surface area (Å²) in [5.74, 6) is -2.66. The van der Waals surface area contributed by atoms with Gasteiger partial charge in [-0.1, -0.05) is 83.1 Å². The summed E-state index contributed by atoms with van der Waals surface area (Å²) in [6.45, 7) is 9.00. The maximum atomic E-state index is 14.2. The number of methoxy groups -OCH3 is 3. The van der Waals surface area contributed by atoms with Gasteiger partial charge in [0.05, 0.1) is 37.8 Å². The Labute approximate surface area is 458 Å². The van der Waals surface area contributed by atoms with E-state index in [1.165, 1.54) is 47.7 Å². The summed E-state index contributed by atoms with van der Waals surface area (Å²) in [6, 6.07) is 22.6. The second kappa shape index (κ2) is 28.9. The molecule has 21 heteroatoms. The van der Waals surface area contributed by atoms with Crippen molar-refractivity contribution in [3.8, 4) is 17.2 Å². The number of anilines is 1. The molecule has 4 aromatic rings. The Morgan fingerprint density at radius 3 is 2.18 bits per heavy atom. The molecule has 0 saturated carbocycles. The van der Waals surface area contributed by atoms with Crippen LogP contribution in [0.25, 0.3) is 0 Å². The first-order chi connectivity index (χ1) is 37.1. The summed E-state index contributed by atoms with van der Waals surface area (Å²) >= 11 is 0. The van der Waals surface area contributed by atoms with Gasteiger partial charge in [0.1, 0.15) is 24.5 Å². The minimum atomic E-state index is -4.08. The third-order valence-corrected chi connectivity index (χ3v) is 15.5. The number of primary amides is 1. The van der Waals surface area contributed by atoms with Crippen LogP contribution >= 0.6 is 0 Å². The minimum Gasteiger partial charge on any atom is -0.493 e. The van der Waals surface area contributed by atoms with Gasteiger partial charge in [-0.15, -0.1) is 0 Å². The lowest BCUT2D eigenvalue weighted by Crippen LogP contribution is -2.60. The quantitative estimate of drug-likeness (QED) is 0.0148. The number of benzene rings is 4. The number of piperidine rings is 1. The molecule has 5 rings (SSSR count). The molecule has 1 saturated heterocycles. The zero-order valence-electron chi connectivity index (χ0n) is 46.0. The fourth-order valence-electron chi connectivity index (χ4n) is 8.88. The second-order valence-electron chi connectivity index (χ2n) is 20.3. The molecule has 1 aliphatic heterocycles. The van der Waals surface area contributed by atoms with E-state index >= 15 is 0 Å². The number of hydrogen-bond donors (Lipinski definition) is 5. The van der Waals surface area contributed by atoms with Crippen molar-refractivity contribution in [2.75, 3.05) is 59.8 Å². The Bertz CT molecular complexity index is 2780. The number of rotatable bonds is 29. The number of nitrogen functional groups attached to an aromatic ring is 1. The number of Topliss-reactive ketones (excluding diaryl/α,β-unsaturated/α-hetero) is 1. The molecule has 0 spiro atoms. The molecule has 424 valence electrons. The molecule has 5 amide bonds. The standard InChI is InChI=1S/C57H77N7O13S/c1-9-57(4,5)51(65)54(68)64-30-14-13-20-45(64)55(69)77-46(27-21-39-22-28-47(73-6)48(33-39)74-7)40-18-15-19-42(34-40)76-31-29-60-56(70)62-50(52(59)66)53(67)61-44(32-38-16-11-10-12-17-38)49(75-8)36-63(35-37(2)3)78(71,72)43-25-23-41(58)24-26-43/h10-12,15-19,22-26,28,33-34,37,44-46,49-50H,9,13-14,20-21,27,29-32,35-36,58H2,1-8H3,(H2,59,66)(H,61,67)(H2,60,62,70)/t44-,45+,46-,49-,50+/m1/s1. The number of ether oxygens (including phenoxy) is 5. The van der Waals surface area contributed by atoms with Crippen molar-refractivity contribution in [1.82, 2.24) is 25.2 Å². The van der Waals surface area contributed by atoms with Crippen molar-refractivity contribution in [3.05, 3.63) is 114 Å². The summed E-state index contributed by atoms with van der Waals surface area (Å²) in [5.41, 5.74) is 13.3. The number of ketones is 1. The molecule has 0 radical (unpaired) electrons. The van der Waals surface area contributed by atoms with Crippen LogP contribution in [0.15, 0.2) is 102 Å². The monoisotopic (exact) mass is 1100 g/mol. The van der Waals surface area contributed by atoms with E-state index < -0.39 is 81.3 Å². The molecule has 7 N–H and O–H groups in total. The predicted octanol–water partition coefficient (Wildman–Crippen LogP) is 5.51.